The zero-order valence-electron chi connectivity index (χ0n) is 27.1. The van der Waals surface area contributed by atoms with Gasteiger partial charge in [-0.05, 0) is 90.4 Å². The van der Waals surface area contributed by atoms with Crippen LogP contribution in [0.5, 0.6) is 11.5 Å². The van der Waals surface area contributed by atoms with Gasteiger partial charge in [0.1, 0.15) is 6.54 Å². The fourth-order valence-electron chi connectivity index (χ4n) is 8.59. The van der Waals surface area contributed by atoms with E-state index < -0.39 is 27.8 Å². The van der Waals surface area contributed by atoms with Crippen molar-refractivity contribution < 1.29 is 32.3 Å². The second-order valence-corrected chi connectivity index (χ2v) is 17.3. The molecular weight excluding hydrogens is 736 g/mol. The number of hydrogen-bond acceptors (Lipinski definition) is 10. The number of nitrogens with two attached hydrogens (primary N) is 1. The van der Waals surface area contributed by atoms with Crippen molar-refractivity contribution in [3.8, 4) is 11.5 Å². The molecule has 1 aromatic heterocycles. The third-order valence-electron chi connectivity index (χ3n) is 10.6. The van der Waals surface area contributed by atoms with Gasteiger partial charge in [0.25, 0.3) is 0 Å². The van der Waals surface area contributed by atoms with E-state index in [-0.39, 0.29) is 57.0 Å². The lowest BCUT2D eigenvalue weighted by molar-refractivity contribution is -0.123. The van der Waals surface area contributed by atoms with Crippen LogP contribution in [0.25, 0.3) is 0 Å². The number of amides is 3. The molecule has 8 rings (SSSR count). The van der Waals surface area contributed by atoms with Gasteiger partial charge in [-0.3, -0.25) is 28.6 Å². The van der Waals surface area contributed by atoms with E-state index >= 15 is 0 Å². The summed E-state index contributed by atoms with van der Waals surface area (Å²) in [6.45, 7) is -0.285. The molecule has 7 unspecified atom stereocenters. The number of imide groups is 1. The average molecular weight is 767 g/mol. The number of aromatic nitrogens is 1. The number of rotatable bonds is 8. The lowest BCUT2D eigenvalue weighted by atomic mass is 9.68. The van der Waals surface area contributed by atoms with Crippen LogP contribution in [-0.4, -0.2) is 50.2 Å². The Kier molecular flexibility index (Phi) is 8.33. The summed E-state index contributed by atoms with van der Waals surface area (Å²) in [4.78, 5) is 56.9. The number of primary sulfonamides is 1. The molecule has 7 atom stereocenters. The molecule has 3 N–H and O–H groups in total. The molecule has 0 radical (unpaired) electrons. The zero-order chi connectivity index (χ0) is 35.9. The molecule has 51 heavy (non-hydrogen) atoms. The van der Waals surface area contributed by atoms with Crippen molar-refractivity contribution in [1.82, 2.24) is 4.57 Å². The molecule has 3 heterocycles. The summed E-state index contributed by atoms with van der Waals surface area (Å²) in [5.41, 5.74) is 1.72. The van der Waals surface area contributed by atoms with Crippen LogP contribution < -0.4 is 29.7 Å². The summed E-state index contributed by atoms with van der Waals surface area (Å²) < 4.78 is 36.0. The van der Waals surface area contributed by atoms with Gasteiger partial charge in [0.05, 0.1) is 41.7 Å². The van der Waals surface area contributed by atoms with Gasteiger partial charge in [0, 0.05) is 26.8 Å². The number of carbonyl (C=O) groups is 3. The first-order valence-corrected chi connectivity index (χ1v) is 19.7. The lowest BCUT2D eigenvalue weighted by Gasteiger charge is -2.43. The first-order chi connectivity index (χ1) is 24.4. The Hall–Kier alpha value is -4.15. The highest BCUT2D eigenvalue weighted by Gasteiger charge is 2.70. The molecule has 2 bridgehead atoms. The van der Waals surface area contributed by atoms with Crippen LogP contribution in [0.4, 0.5) is 11.4 Å². The van der Waals surface area contributed by atoms with Gasteiger partial charge in [0.2, 0.25) is 27.7 Å². The molecule has 264 valence electrons. The van der Waals surface area contributed by atoms with Crippen molar-refractivity contribution in [2.24, 2.45) is 34.7 Å². The number of ether oxygens (including phenoxy) is 2. The SMILES string of the molecule is COc1ccc(C2c3sc(=O)n(CC(=O)Nc4ccc(S(N)(=O)=O)cc4)c3SC3C4CC(C5C(=O)N(c6ccc(Cl)cc6)C(=O)C45)C23)cc1OC. The van der Waals surface area contributed by atoms with E-state index in [4.69, 9.17) is 26.2 Å². The smallest absolute Gasteiger partial charge is 0.308 e. The summed E-state index contributed by atoms with van der Waals surface area (Å²) in [6, 6.07) is 17.8. The van der Waals surface area contributed by atoms with Gasteiger partial charge in [-0.2, -0.15) is 0 Å². The van der Waals surface area contributed by atoms with Crippen molar-refractivity contribution in [2.75, 3.05) is 24.4 Å². The number of nitrogens with zero attached hydrogens (tertiary/aromatic N) is 2. The summed E-state index contributed by atoms with van der Waals surface area (Å²) in [6.07, 6.45) is 0.696. The summed E-state index contributed by atoms with van der Waals surface area (Å²) in [5.74, 6) is -1.47. The molecule has 1 saturated heterocycles. The summed E-state index contributed by atoms with van der Waals surface area (Å²) in [5, 5.41) is 8.98. The van der Waals surface area contributed by atoms with Crippen LogP contribution in [-0.2, 0) is 31.0 Å². The Balaban J connectivity index is 1.17. The molecule has 2 aliphatic carbocycles. The maximum atomic E-state index is 14.1. The predicted molar refractivity (Wildman–Crippen MR) is 192 cm³/mol. The number of nitrogens with one attached hydrogen (secondary N) is 1. The molecule has 3 aromatic carbocycles. The zero-order valence-corrected chi connectivity index (χ0v) is 30.4. The van der Waals surface area contributed by atoms with Gasteiger partial charge in [-0.25, -0.2) is 13.6 Å². The fourth-order valence-corrected chi connectivity index (χ4v) is 12.4. The van der Waals surface area contributed by atoms with Crippen LogP contribution in [0.1, 0.15) is 22.8 Å². The Morgan fingerprint density at radius 2 is 1.61 bits per heavy atom. The molecular formula is C35H31ClN4O8S3. The van der Waals surface area contributed by atoms with Gasteiger partial charge in [0.15, 0.2) is 11.5 Å². The van der Waals surface area contributed by atoms with E-state index in [0.717, 1.165) is 21.8 Å². The maximum absolute atomic E-state index is 14.1. The van der Waals surface area contributed by atoms with Gasteiger partial charge >= 0.3 is 4.87 Å². The van der Waals surface area contributed by atoms with E-state index in [2.05, 4.69) is 5.32 Å². The van der Waals surface area contributed by atoms with Crippen LogP contribution in [0.2, 0.25) is 5.02 Å². The van der Waals surface area contributed by atoms with E-state index in [0.29, 0.717) is 39.3 Å². The highest BCUT2D eigenvalue weighted by atomic mass is 35.5. The minimum atomic E-state index is -3.91. The quantitative estimate of drug-likeness (QED) is 0.245. The molecule has 3 fully saturated rings. The Labute approximate surface area is 305 Å². The van der Waals surface area contributed by atoms with Crippen molar-refractivity contribution in [2.45, 2.75) is 34.1 Å². The Morgan fingerprint density at radius 3 is 2.25 bits per heavy atom. The summed E-state index contributed by atoms with van der Waals surface area (Å²) >= 11 is 8.70. The standard InChI is InChI=1S/C35H31ClN4O8S3/c1-47-23-12-3-16(13-24(23)48-2)26-27-21-14-22(29-28(21)32(42)40(33(29)43)19-8-4-17(36)5-9-19)30(27)49-34-31(26)50-35(44)39(34)15-25(41)38-18-6-10-20(11-7-18)51(37,45)46/h3-13,21-22,26-30H,14-15H2,1-2H3,(H,38,41)(H2,37,45,46). The number of benzene rings is 3. The minimum absolute atomic E-state index is 0.0774. The summed E-state index contributed by atoms with van der Waals surface area (Å²) in [7, 11) is -0.796. The maximum Gasteiger partial charge on any atom is 0.308 e. The second kappa shape index (κ2) is 12.5. The number of anilines is 2. The van der Waals surface area contributed by atoms with Crippen LogP contribution >= 0.6 is 34.7 Å². The second-order valence-electron chi connectivity index (χ2n) is 13.1. The van der Waals surface area contributed by atoms with E-state index in [1.165, 1.54) is 45.5 Å². The molecule has 4 aromatic rings. The van der Waals surface area contributed by atoms with Crippen LogP contribution in [0.3, 0.4) is 0 Å². The number of methoxy groups -OCH3 is 2. The van der Waals surface area contributed by atoms with Gasteiger partial charge in [-0.1, -0.05) is 29.0 Å². The molecule has 16 heteroatoms. The molecule has 2 aliphatic heterocycles. The number of thiazole rings is 1. The Morgan fingerprint density at radius 1 is 0.941 bits per heavy atom. The van der Waals surface area contributed by atoms with Crippen LogP contribution in [0, 0.1) is 29.6 Å². The highest BCUT2D eigenvalue weighted by molar-refractivity contribution is 8.00. The highest BCUT2D eigenvalue weighted by Crippen LogP contribution is 2.69. The van der Waals surface area contributed by atoms with E-state index in [9.17, 15) is 27.6 Å². The third-order valence-corrected chi connectivity index (χ3v) is 14.5. The lowest BCUT2D eigenvalue weighted by Crippen LogP contribution is -2.43. The largest absolute Gasteiger partial charge is 0.493 e. The molecule has 0 spiro atoms. The number of sulfonamides is 1. The van der Waals surface area contributed by atoms with Crippen LogP contribution in [0.15, 0.2) is 81.4 Å². The first-order valence-electron chi connectivity index (χ1n) is 16.1. The minimum Gasteiger partial charge on any atom is -0.493 e. The number of halogens is 1. The van der Waals surface area contributed by atoms with E-state index in [1.807, 2.05) is 18.2 Å². The number of fused-ring (bicyclic) bond motifs is 9. The normalized spacial score (nSPS) is 26.1. The first kappa shape index (κ1) is 34.0. The number of thioether (sulfide) groups is 1. The Bertz CT molecular complexity index is 2270. The van der Waals surface area contributed by atoms with Crippen molar-refractivity contribution in [3.63, 3.8) is 0 Å². The van der Waals surface area contributed by atoms with Gasteiger partial charge < -0.3 is 14.8 Å². The van der Waals surface area contributed by atoms with Crippen molar-refractivity contribution in [3.05, 3.63) is 91.9 Å². The molecule has 3 amide bonds. The fraction of sp³-hybridized carbons (Fsp3) is 0.314. The third kappa shape index (κ3) is 5.48. The average Bonchev–Trinajstić information content (AvgIpc) is 3.83. The van der Waals surface area contributed by atoms with Gasteiger partial charge in [-0.15, -0.1) is 11.8 Å². The number of carbonyl (C=O) groups excluding carboxylic acids is 3. The predicted octanol–water partition coefficient (Wildman–Crippen LogP) is 4.54. The van der Waals surface area contributed by atoms with E-state index in [1.54, 1.807) is 38.5 Å². The molecule has 4 aliphatic rings. The monoisotopic (exact) mass is 766 g/mol. The topological polar surface area (TPSA) is 167 Å². The van der Waals surface area contributed by atoms with Crippen molar-refractivity contribution >= 4 is 73.8 Å². The number of hydrogen-bond donors (Lipinski definition) is 2. The molecule has 2 saturated carbocycles. The van der Waals surface area contributed by atoms with Crippen molar-refractivity contribution in [1.29, 1.82) is 0 Å². The molecule has 12 nitrogen and oxygen atoms in total.